The molecular formula is C12H17N3O2. The molecular weight excluding hydrogens is 218 g/mol. The van der Waals surface area contributed by atoms with Gasteiger partial charge in [-0.05, 0) is 12.5 Å². The molecule has 92 valence electrons. The smallest absolute Gasteiger partial charge is 0.269 e. The first kappa shape index (κ1) is 12.0. The summed E-state index contributed by atoms with van der Waals surface area (Å²) in [7, 11) is 0. The average Bonchev–Trinajstić information content (AvgIpc) is 2.39. The lowest BCUT2D eigenvalue weighted by atomic mass is 10.1. The molecule has 1 fully saturated rings. The summed E-state index contributed by atoms with van der Waals surface area (Å²) >= 11 is 0. The van der Waals surface area contributed by atoms with E-state index in [9.17, 15) is 10.1 Å². The SMILES string of the molecule is CC(c1ccc([N+](=O)[O-])cc1)N1CCNCC1. The van der Waals surface area contributed by atoms with Gasteiger partial charge in [0, 0.05) is 44.4 Å². The average molecular weight is 235 g/mol. The van der Waals surface area contributed by atoms with E-state index in [2.05, 4.69) is 17.1 Å². The number of non-ortho nitro benzene ring substituents is 1. The third kappa shape index (κ3) is 2.81. The van der Waals surface area contributed by atoms with Gasteiger partial charge < -0.3 is 5.32 Å². The van der Waals surface area contributed by atoms with Gasteiger partial charge in [-0.25, -0.2) is 0 Å². The van der Waals surface area contributed by atoms with Crippen LogP contribution in [0.2, 0.25) is 0 Å². The minimum absolute atomic E-state index is 0.154. The van der Waals surface area contributed by atoms with E-state index in [1.54, 1.807) is 12.1 Å². The highest BCUT2D eigenvalue weighted by atomic mass is 16.6. The monoisotopic (exact) mass is 235 g/mol. The summed E-state index contributed by atoms with van der Waals surface area (Å²) < 4.78 is 0. The molecule has 0 aliphatic carbocycles. The van der Waals surface area contributed by atoms with E-state index in [4.69, 9.17) is 0 Å². The van der Waals surface area contributed by atoms with Crippen molar-refractivity contribution < 1.29 is 4.92 Å². The van der Waals surface area contributed by atoms with Crippen LogP contribution in [-0.4, -0.2) is 36.0 Å². The third-order valence-electron chi connectivity index (χ3n) is 3.29. The molecule has 1 aliphatic rings. The maximum atomic E-state index is 10.6. The van der Waals surface area contributed by atoms with Crippen LogP contribution in [0.4, 0.5) is 5.69 Å². The van der Waals surface area contributed by atoms with Gasteiger partial charge in [-0.2, -0.15) is 0 Å². The van der Waals surface area contributed by atoms with Crippen molar-refractivity contribution in [2.75, 3.05) is 26.2 Å². The van der Waals surface area contributed by atoms with Gasteiger partial charge in [-0.1, -0.05) is 12.1 Å². The summed E-state index contributed by atoms with van der Waals surface area (Å²) in [5.41, 5.74) is 1.29. The molecule has 0 radical (unpaired) electrons. The molecule has 1 unspecified atom stereocenters. The quantitative estimate of drug-likeness (QED) is 0.638. The van der Waals surface area contributed by atoms with Crippen LogP contribution in [0.25, 0.3) is 0 Å². The van der Waals surface area contributed by atoms with Crippen LogP contribution in [0, 0.1) is 10.1 Å². The molecule has 0 saturated carbocycles. The van der Waals surface area contributed by atoms with Gasteiger partial charge >= 0.3 is 0 Å². The number of hydrogen-bond donors (Lipinski definition) is 1. The molecule has 0 amide bonds. The van der Waals surface area contributed by atoms with Crippen LogP contribution in [0.1, 0.15) is 18.5 Å². The molecule has 5 nitrogen and oxygen atoms in total. The lowest BCUT2D eigenvalue weighted by Crippen LogP contribution is -2.44. The summed E-state index contributed by atoms with van der Waals surface area (Å²) in [5, 5.41) is 13.9. The molecule has 5 heteroatoms. The van der Waals surface area contributed by atoms with Crippen molar-refractivity contribution >= 4 is 5.69 Å². The van der Waals surface area contributed by atoms with E-state index in [1.165, 1.54) is 0 Å². The Morgan fingerprint density at radius 1 is 1.29 bits per heavy atom. The molecule has 0 aromatic heterocycles. The van der Waals surface area contributed by atoms with E-state index in [1.807, 2.05) is 12.1 Å². The van der Waals surface area contributed by atoms with E-state index in [-0.39, 0.29) is 10.6 Å². The zero-order valence-electron chi connectivity index (χ0n) is 9.93. The van der Waals surface area contributed by atoms with Crippen molar-refractivity contribution in [2.24, 2.45) is 0 Å². The number of nitrogens with zero attached hydrogens (tertiary/aromatic N) is 2. The zero-order valence-corrected chi connectivity index (χ0v) is 9.93. The van der Waals surface area contributed by atoms with Crippen molar-refractivity contribution in [2.45, 2.75) is 13.0 Å². The van der Waals surface area contributed by atoms with E-state index in [0.29, 0.717) is 6.04 Å². The minimum atomic E-state index is -0.362. The largest absolute Gasteiger partial charge is 0.314 e. The Morgan fingerprint density at radius 2 is 1.88 bits per heavy atom. The van der Waals surface area contributed by atoms with E-state index in [0.717, 1.165) is 31.7 Å². The molecule has 0 bridgehead atoms. The standard InChI is InChI=1S/C12H17N3O2/c1-10(14-8-6-13-7-9-14)11-2-4-12(5-3-11)15(16)17/h2-5,10,13H,6-9H2,1H3. The molecule has 1 aliphatic heterocycles. The fraction of sp³-hybridized carbons (Fsp3) is 0.500. The number of benzene rings is 1. The molecule has 17 heavy (non-hydrogen) atoms. The third-order valence-corrected chi connectivity index (χ3v) is 3.29. The van der Waals surface area contributed by atoms with Gasteiger partial charge in [0.05, 0.1) is 4.92 Å². The first-order valence-corrected chi connectivity index (χ1v) is 5.87. The molecule has 2 rings (SSSR count). The topological polar surface area (TPSA) is 58.4 Å². The highest BCUT2D eigenvalue weighted by molar-refractivity contribution is 5.34. The van der Waals surface area contributed by atoms with Gasteiger partial charge in [0.1, 0.15) is 0 Å². The van der Waals surface area contributed by atoms with Crippen molar-refractivity contribution in [3.05, 3.63) is 39.9 Å². The summed E-state index contributed by atoms with van der Waals surface area (Å²) in [6.45, 7) is 6.22. The molecule has 0 spiro atoms. The van der Waals surface area contributed by atoms with E-state index < -0.39 is 0 Å². The predicted octanol–water partition coefficient (Wildman–Crippen LogP) is 1.56. The number of nitro groups is 1. The van der Waals surface area contributed by atoms with Gasteiger partial charge in [0.15, 0.2) is 0 Å². The highest BCUT2D eigenvalue weighted by Gasteiger charge is 2.18. The van der Waals surface area contributed by atoms with Crippen LogP contribution in [-0.2, 0) is 0 Å². The Labute approximate surface area is 101 Å². The molecule has 1 aromatic carbocycles. The fourth-order valence-corrected chi connectivity index (χ4v) is 2.15. The van der Waals surface area contributed by atoms with Crippen LogP contribution in [0.5, 0.6) is 0 Å². The van der Waals surface area contributed by atoms with Gasteiger partial charge in [-0.3, -0.25) is 15.0 Å². The molecule has 1 N–H and O–H groups in total. The van der Waals surface area contributed by atoms with Gasteiger partial charge in [0.25, 0.3) is 5.69 Å². The van der Waals surface area contributed by atoms with E-state index >= 15 is 0 Å². The van der Waals surface area contributed by atoms with Crippen molar-refractivity contribution in [3.63, 3.8) is 0 Å². The van der Waals surface area contributed by atoms with Crippen LogP contribution < -0.4 is 5.32 Å². The number of rotatable bonds is 3. The summed E-state index contributed by atoms with van der Waals surface area (Å²) in [5.74, 6) is 0. The molecule has 1 atom stereocenters. The Bertz CT molecular complexity index is 385. The molecule has 1 aromatic rings. The molecule has 1 heterocycles. The van der Waals surface area contributed by atoms with Gasteiger partial charge in [0.2, 0.25) is 0 Å². The van der Waals surface area contributed by atoms with Crippen molar-refractivity contribution in [3.8, 4) is 0 Å². The fourth-order valence-electron chi connectivity index (χ4n) is 2.15. The maximum Gasteiger partial charge on any atom is 0.269 e. The van der Waals surface area contributed by atoms with Crippen molar-refractivity contribution in [1.29, 1.82) is 0 Å². The lowest BCUT2D eigenvalue weighted by molar-refractivity contribution is -0.384. The first-order chi connectivity index (χ1) is 8.18. The second-order valence-electron chi connectivity index (χ2n) is 4.31. The lowest BCUT2D eigenvalue weighted by Gasteiger charge is -2.33. The minimum Gasteiger partial charge on any atom is -0.314 e. The van der Waals surface area contributed by atoms with Crippen LogP contribution >= 0.6 is 0 Å². The second kappa shape index (κ2) is 5.25. The maximum absolute atomic E-state index is 10.6. The van der Waals surface area contributed by atoms with Gasteiger partial charge in [-0.15, -0.1) is 0 Å². The molecule has 1 saturated heterocycles. The number of hydrogen-bond acceptors (Lipinski definition) is 4. The van der Waals surface area contributed by atoms with Crippen LogP contribution in [0.15, 0.2) is 24.3 Å². The van der Waals surface area contributed by atoms with Crippen LogP contribution in [0.3, 0.4) is 0 Å². The normalized spacial score (nSPS) is 18.9. The summed E-state index contributed by atoms with van der Waals surface area (Å²) in [6, 6.07) is 7.18. The Balaban J connectivity index is 2.07. The number of nitro benzene ring substituents is 1. The predicted molar refractivity (Wildman–Crippen MR) is 66.0 cm³/mol. The van der Waals surface area contributed by atoms with Crippen molar-refractivity contribution in [1.82, 2.24) is 10.2 Å². The number of nitrogens with one attached hydrogen (secondary N) is 1. The Hall–Kier alpha value is -1.46. The highest BCUT2D eigenvalue weighted by Crippen LogP contribution is 2.22. The number of piperazine rings is 1. The first-order valence-electron chi connectivity index (χ1n) is 5.87. The second-order valence-corrected chi connectivity index (χ2v) is 4.31. The Kier molecular flexibility index (Phi) is 3.71. The Morgan fingerprint density at radius 3 is 2.41 bits per heavy atom. The zero-order chi connectivity index (χ0) is 12.3. The summed E-state index contributed by atoms with van der Waals surface area (Å²) in [6.07, 6.45) is 0. The summed E-state index contributed by atoms with van der Waals surface area (Å²) in [4.78, 5) is 12.6.